The molecule has 0 N–H and O–H groups in total. The number of hydrogen-bond acceptors (Lipinski definition) is 0. The van der Waals surface area contributed by atoms with E-state index in [9.17, 15) is 0 Å². The average molecular weight is 561 g/mol. The van der Waals surface area contributed by atoms with Gasteiger partial charge in [0.15, 0.2) is 0 Å². The topological polar surface area (TPSA) is 0 Å². The molecule has 0 bridgehead atoms. The largest absolute Gasteiger partial charge is 0.0826 e. The van der Waals surface area contributed by atoms with Crippen LogP contribution >= 0.6 is 0 Å². The highest BCUT2D eigenvalue weighted by Gasteiger charge is 2.59. The van der Waals surface area contributed by atoms with Crippen LogP contribution in [0, 0.1) is 11.8 Å². The molecule has 1 heteroatoms. The van der Waals surface area contributed by atoms with Gasteiger partial charge >= 0.3 is 0 Å². The van der Waals surface area contributed by atoms with Crippen molar-refractivity contribution in [2.24, 2.45) is 11.8 Å². The zero-order valence-corrected chi connectivity index (χ0v) is 27.1. The Morgan fingerprint density at radius 1 is 0.512 bits per heavy atom. The summed E-state index contributed by atoms with van der Waals surface area (Å²) in [4.78, 5) is 0. The van der Waals surface area contributed by atoms with E-state index in [1.807, 2.05) is 0 Å². The smallest absolute Gasteiger partial charge is 0.0721 e. The first-order valence-corrected chi connectivity index (χ1v) is 19.3. The Balaban J connectivity index is 1.59. The van der Waals surface area contributed by atoms with E-state index in [2.05, 4.69) is 113 Å². The van der Waals surface area contributed by atoms with E-state index in [-0.39, 0.29) is 0 Å². The molecule has 2 unspecified atom stereocenters. The summed E-state index contributed by atoms with van der Waals surface area (Å²) < 4.78 is 0. The van der Waals surface area contributed by atoms with Gasteiger partial charge in [-0.1, -0.05) is 188 Å². The SMILES string of the molecule is CC(C)C1=CC(c2ccccc2)=CC1[Si](C1CCCCC1)(C1CCCCC1)C1C=C(c2ccccc2)C=C1C(C)C. The van der Waals surface area contributed by atoms with Crippen molar-refractivity contribution in [3.8, 4) is 0 Å². The molecule has 0 saturated heterocycles. The maximum atomic E-state index is 2.84. The van der Waals surface area contributed by atoms with Crippen LogP contribution in [0.5, 0.6) is 0 Å². The van der Waals surface area contributed by atoms with Gasteiger partial charge < -0.3 is 0 Å². The molecule has 4 aliphatic carbocycles. The highest BCUT2D eigenvalue weighted by Crippen LogP contribution is 2.66. The van der Waals surface area contributed by atoms with E-state index in [1.54, 1.807) is 11.1 Å². The van der Waals surface area contributed by atoms with E-state index in [1.165, 1.54) is 86.5 Å². The fourth-order valence-corrected chi connectivity index (χ4v) is 18.3. The molecule has 216 valence electrons. The minimum Gasteiger partial charge on any atom is -0.0721 e. The van der Waals surface area contributed by atoms with Crippen LogP contribution in [0.3, 0.4) is 0 Å². The van der Waals surface area contributed by atoms with Gasteiger partial charge in [0.05, 0.1) is 8.07 Å². The van der Waals surface area contributed by atoms with Crippen molar-refractivity contribution < 1.29 is 0 Å². The molecule has 0 aliphatic heterocycles. The second-order valence-electron chi connectivity index (χ2n) is 14.2. The second-order valence-corrected chi connectivity index (χ2v) is 19.1. The molecule has 0 spiro atoms. The summed E-state index contributed by atoms with van der Waals surface area (Å²) in [5.41, 5.74) is 12.5. The maximum Gasteiger partial charge on any atom is 0.0826 e. The van der Waals surface area contributed by atoms with Crippen LogP contribution in [0.1, 0.15) is 103 Å². The number of benzene rings is 2. The van der Waals surface area contributed by atoms with E-state index >= 15 is 0 Å². The molecule has 0 heterocycles. The highest BCUT2D eigenvalue weighted by atomic mass is 28.3. The molecule has 2 atom stereocenters. The van der Waals surface area contributed by atoms with Crippen molar-refractivity contribution in [2.75, 3.05) is 0 Å². The Kier molecular flexibility index (Phi) is 8.73. The first-order valence-electron chi connectivity index (χ1n) is 17.0. The summed E-state index contributed by atoms with van der Waals surface area (Å²) >= 11 is 0. The Bertz CT molecular complexity index is 1190. The monoisotopic (exact) mass is 560 g/mol. The van der Waals surface area contributed by atoms with Crippen molar-refractivity contribution >= 4 is 19.2 Å². The molecule has 0 nitrogen and oxygen atoms in total. The quantitative estimate of drug-likeness (QED) is 0.282. The lowest BCUT2D eigenvalue weighted by Gasteiger charge is -2.56. The van der Waals surface area contributed by atoms with Gasteiger partial charge in [-0.15, -0.1) is 0 Å². The van der Waals surface area contributed by atoms with E-state index in [0.29, 0.717) is 22.9 Å². The highest BCUT2D eigenvalue weighted by molar-refractivity contribution is 6.87. The van der Waals surface area contributed by atoms with Crippen LogP contribution < -0.4 is 0 Å². The lowest BCUT2D eigenvalue weighted by Crippen LogP contribution is -2.54. The third kappa shape index (κ3) is 5.44. The van der Waals surface area contributed by atoms with Gasteiger partial charge in [-0.3, -0.25) is 0 Å². The molecule has 4 aliphatic rings. The van der Waals surface area contributed by atoms with Gasteiger partial charge in [0.2, 0.25) is 0 Å². The van der Waals surface area contributed by atoms with Crippen LogP contribution in [0.25, 0.3) is 11.1 Å². The standard InChI is InChI=1S/C40H52Si/c1-29(2)37-25-33(31-17-9-5-10-18-31)27-39(37)41(35-21-13-7-14-22-35,36-23-15-8-16-24-36)40-28-34(26-38(40)30(3)4)32-19-11-6-12-20-32/h5-6,9-12,17-20,25-30,35-36,39-40H,7-8,13-16,21-24H2,1-4H3. The molecular weight excluding hydrogens is 509 g/mol. The normalized spacial score (nSPS) is 24.4. The predicted octanol–water partition coefficient (Wildman–Crippen LogP) is 12.2. The Morgan fingerprint density at radius 2 is 0.878 bits per heavy atom. The molecule has 6 rings (SSSR count). The lowest BCUT2D eigenvalue weighted by molar-refractivity contribution is 0.441. The van der Waals surface area contributed by atoms with Crippen LogP contribution in [0.15, 0.2) is 96.1 Å². The van der Waals surface area contributed by atoms with Crippen molar-refractivity contribution in [3.63, 3.8) is 0 Å². The molecule has 0 radical (unpaired) electrons. The predicted molar refractivity (Wildman–Crippen MR) is 182 cm³/mol. The summed E-state index contributed by atoms with van der Waals surface area (Å²) in [6.07, 6.45) is 25.5. The fraction of sp³-hybridized carbons (Fsp3) is 0.500. The van der Waals surface area contributed by atoms with Crippen molar-refractivity contribution in [3.05, 3.63) is 107 Å². The van der Waals surface area contributed by atoms with Gasteiger partial charge in [0, 0.05) is 0 Å². The molecule has 0 aromatic heterocycles. The minimum absolute atomic E-state index is 0.585. The zero-order chi connectivity index (χ0) is 28.4. The van der Waals surface area contributed by atoms with Gasteiger partial charge in [0.1, 0.15) is 0 Å². The summed E-state index contributed by atoms with van der Waals surface area (Å²) in [7, 11) is -2.02. The van der Waals surface area contributed by atoms with Crippen molar-refractivity contribution in [1.82, 2.24) is 0 Å². The molecule has 2 aromatic carbocycles. The number of rotatable bonds is 8. The first-order chi connectivity index (χ1) is 20.0. The van der Waals surface area contributed by atoms with Crippen LogP contribution in [-0.2, 0) is 0 Å². The number of allylic oxidation sites excluding steroid dienone is 8. The second kappa shape index (κ2) is 12.5. The Morgan fingerprint density at radius 3 is 1.22 bits per heavy atom. The van der Waals surface area contributed by atoms with E-state index in [0.717, 1.165) is 11.1 Å². The Hall–Kier alpha value is -2.38. The molecular formula is C40H52Si. The van der Waals surface area contributed by atoms with E-state index < -0.39 is 8.07 Å². The van der Waals surface area contributed by atoms with Crippen LogP contribution in [0.4, 0.5) is 0 Å². The van der Waals surface area contributed by atoms with Crippen molar-refractivity contribution in [2.45, 2.75) is 114 Å². The summed E-state index contributed by atoms with van der Waals surface area (Å²) in [6, 6.07) is 22.6. The molecule has 2 aromatic rings. The molecule has 41 heavy (non-hydrogen) atoms. The minimum atomic E-state index is -2.02. The molecule has 2 fully saturated rings. The first kappa shape index (κ1) is 28.7. The van der Waals surface area contributed by atoms with Crippen molar-refractivity contribution in [1.29, 1.82) is 0 Å². The third-order valence-electron chi connectivity index (χ3n) is 11.3. The van der Waals surface area contributed by atoms with Crippen LogP contribution in [0.2, 0.25) is 22.2 Å². The molecule has 0 amide bonds. The van der Waals surface area contributed by atoms with Gasteiger partial charge in [-0.05, 0) is 56.3 Å². The maximum absolute atomic E-state index is 2.84. The summed E-state index contributed by atoms with van der Waals surface area (Å²) in [5, 5.41) is 0. The number of hydrogen-bond donors (Lipinski definition) is 0. The van der Waals surface area contributed by atoms with Gasteiger partial charge in [-0.25, -0.2) is 0 Å². The van der Waals surface area contributed by atoms with E-state index in [4.69, 9.17) is 0 Å². The summed E-state index contributed by atoms with van der Waals surface area (Å²) in [5.74, 6) is 1.17. The lowest BCUT2D eigenvalue weighted by atomic mass is 9.98. The molecule has 2 saturated carbocycles. The third-order valence-corrected chi connectivity index (χ3v) is 18.4. The van der Waals surface area contributed by atoms with Gasteiger partial charge in [0.25, 0.3) is 0 Å². The van der Waals surface area contributed by atoms with Gasteiger partial charge in [-0.2, -0.15) is 0 Å². The zero-order valence-electron chi connectivity index (χ0n) is 26.1. The Labute approximate surface area is 251 Å². The van der Waals surface area contributed by atoms with Crippen LogP contribution in [-0.4, -0.2) is 8.07 Å². The summed E-state index contributed by atoms with van der Waals surface area (Å²) in [6.45, 7) is 9.95. The average Bonchev–Trinajstić information content (AvgIpc) is 3.67. The fourth-order valence-electron chi connectivity index (χ4n) is 9.47.